The molecule has 1 fully saturated rings. The van der Waals surface area contributed by atoms with Gasteiger partial charge in [0.1, 0.15) is 0 Å². The van der Waals surface area contributed by atoms with E-state index < -0.39 is 0 Å². The zero-order valence-corrected chi connectivity index (χ0v) is 13.9. The van der Waals surface area contributed by atoms with E-state index in [-0.39, 0.29) is 24.5 Å². The average Bonchev–Trinajstić information content (AvgIpc) is 2.80. The van der Waals surface area contributed by atoms with Gasteiger partial charge in [-0.25, -0.2) is 4.98 Å². The summed E-state index contributed by atoms with van der Waals surface area (Å²) in [6, 6.07) is 1.64. The molecule has 0 saturated carbocycles. The Balaban J connectivity index is 1.78. The summed E-state index contributed by atoms with van der Waals surface area (Å²) in [6.07, 6.45) is 3.87. The molecule has 3 heterocycles. The maximum atomic E-state index is 12.4. The number of amides is 1. The highest BCUT2D eigenvalue weighted by Crippen LogP contribution is 2.22. The summed E-state index contributed by atoms with van der Waals surface area (Å²) >= 11 is 12.1. The molecule has 0 N–H and O–H groups in total. The Morgan fingerprint density at radius 1 is 1.32 bits per heavy atom. The molecule has 7 heteroatoms. The molecular weight excluding hydrogens is 325 g/mol. The predicted molar refractivity (Wildman–Crippen MR) is 85.5 cm³/mol. The van der Waals surface area contributed by atoms with E-state index in [1.54, 1.807) is 22.9 Å². The minimum Gasteiger partial charge on any atom is -0.372 e. The molecule has 1 amide bonds. The number of nitrogens with zero attached hydrogens (tertiary/aromatic N) is 3. The van der Waals surface area contributed by atoms with Gasteiger partial charge in [0.05, 0.1) is 34.4 Å². The number of carbonyl (C=O) groups excluding carboxylic acids is 1. The summed E-state index contributed by atoms with van der Waals surface area (Å²) in [5.74, 6) is 0.0487. The Bertz CT molecular complexity index is 706. The van der Waals surface area contributed by atoms with Crippen LogP contribution in [0, 0.1) is 0 Å². The first-order chi connectivity index (χ1) is 10.4. The second-order valence-electron chi connectivity index (χ2n) is 5.70. The second kappa shape index (κ2) is 6.07. The largest absolute Gasteiger partial charge is 0.372 e. The molecule has 0 aliphatic carbocycles. The highest BCUT2D eigenvalue weighted by Gasteiger charge is 2.26. The predicted octanol–water partition coefficient (Wildman–Crippen LogP) is 2.82. The van der Waals surface area contributed by atoms with Gasteiger partial charge in [-0.2, -0.15) is 0 Å². The van der Waals surface area contributed by atoms with E-state index in [4.69, 9.17) is 27.9 Å². The third-order valence-electron chi connectivity index (χ3n) is 3.63. The Kier molecular flexibility index (Phi) is 4.30. The lowest BCUT2D eigenvalue weighted by atomic mass is 10.2. The topological polar surface area (TPSA) is 46.8 Å². The SMILES string of the molecule is C[C@H]1CN(C(=O)Cc2cn3cc(Cl)cc(Cl)c3n2)C[C@H](C)O1. The number of hydrogen-bond acceptors (Lipinski definition) is 3. The molecule has 1 aliphatic heterocycles. The van der Waals surface area contributed by atoms with Crippen molar-refractivity contribution in [2.75, 3.05) is 13.1 Å². The number of carbonyl (C=O) groups is 1. The van der Waals surface area contributed by atoms with Crippen molar-refractivity contribution in [3.63, 3.8) is 0 Å². The van der Waals surface area contributed by atoms with Crippen molar-refractivity contribution in [1.82, 2.24) is 14.3 Å². The molecule has 22 heavy (non-hydrogen) atoms. The minimum absolute atomic E-state index is 0.0487. The first-order valence-corrected chi connectivity index (χ1v) is 7.94. The van der Waals surface area contributed by atoms with Crippen molar-refractivity contribution in [3.05, 3.63) is 34.2 Å². The van der Waals surface area contributed by atoms with Gasteiger partial charge in [-0.15, -0.1) is 0 Å². The van der Waals surface area contributed by atoms with Crippen molar-refractivity contribution in [2.24, 2.45) is 0 Å². The maximum Gasteiger partial charge on any atom is 0.228 e. The molecule has 1 aliphatic rings. The minimum atomic E-state index is 0.0487. The highest BCUT2D eigenvalue weighted by molar-refractivity contribution is 6.36. The van der Waals surface area contributed by atoms with Gasteiger partial charge in [-0.1, -0.05) is 23.2 Å². The summed E-state index contributed by atoms with van der Waals surface area (Å²) in [4.78, 5) is 18.7. The fourth-order valence-corrected chi connectivity index (χ4v) is 3.34. The van der Waals surface area contributed by atoms with Crippen LogP contribution >= 0.6 is 23.2 Å². The number of ether oxygens (including phenoxy) is 1. The zero-order chi connectivity index (χ0) is 15.9. The van der Waals surface area contributed by atoms with Crippen LogP contribution in [0.1, 0.15) is 19.5 Å². The molecule has 2 atom stereocenters. The lowest BCUT2D eigenvalue weighted by Crippen LogP contribution is -2.48. The van der Waals surface area contributed by atoms with E-state index in [2.05, 4.69) is 4.98 Å². The number of rotatable bonds is 2. The summed E-state index contributed by atoms with van der Waals surface area (Å²) in [6.45, 7) is 5.18. The molecule has 0 radical (unpaired) electrons. The maximum absolute atomic E-state index is 12.4. The number of aromatic nitrogens is 2. The van der Waals surface area contributed by atoms with E-state index in [1.165, 1.54) is 0 Å². The monoisotopic (exact) mass is 341 g/mol. The summed E-state index contributed by atoms with van der Waals surface area (Å²) in [7, 11) is 0. The molecule has 3 rings (SSSR count). The van der Waals surface area contributed by atoms with Crippen LogP contribution in [-0.4, -0.2) is 45.5 Å². The van der Waals surface area contributed by atoms with E-state index in [9.17, 15) is 4.79 Å². The van der Waals surface area contributed by atoms with Crippen LogP contribution in [-0.2, 0) is 16.0 Å². The molecule has 0 aromatic carbocycles. The van der Waals surface area contributed by atoms with Gasteiger partial charge in [0.2, 0.25) is 5.91 Å². The number of halogens is 2. The average molecular weight is 342 g/mol. The Labute approximate surface area is 138 Å². The number of pyridine rings is 1. The van der Waals surface area contributed by atoms with Crippen LogP contribution in [0.4, 0.5) is 0 Å². The molecule has 1 saturated heterocycles. The first-order valence-electron chi connectivity index (χ1n) is 7.18. The number of fused-ring (bicyclic) bond motifs is 1. The zero-order valence-electron chi connectivity index (χ0n) is 12.4. The van der Waals surface area contributed by atoms with Gasteiger partial charge in [0.25, 0.3) is 0 Å². The molecule has 118 valence electrons. The summed E-state index contributed by atoms with van der Waals surface area (Å²) < 4.78 is 7.40. The standard InChI is InChI=1S/C15H17Cl2N3O2/c1-9-5-19(6-10(2)22-9)14(21)4-12-8-20-7-11(16)3-13(17)15(20)18-12/h3,7-10H,4-6H2,1-2H3/t9-,10-/m0/s1. The highest BCUT2D eigenvalue weighted by atomic mass is 35.5. The van der Waals surface area contributed by atoms with E-state index in [1.807, 2.05) is 18.7 Å². The van der Waals surface area contributed by atoms with Gasteiger partial charge in [-0.3, -0.25) is 4.79 Å². The second-order valence-corrected chi connectivity index (χ2v) is 6.55. The van der Waals surface area contributed by atoms with Crippen LogP contribution in [0.2, 0.25) is 10.0 Å². The van der Waals surface area contributed by atoms with Crippen LogP contribution < -0.4 is 0 Å². The molecule has 5 nitrogen and oxygen atoms in total. The summed E-state index contributed by atoms with van der Waals surface area (Å²) in [5, 5.41) is 1.00. The molecule has 2 aromatic heterocycles. The Morgan fingerprint density at radius 3 is 2.68 bits per heavy atom. The van der Waals surface area contributed by atoms with Gasteiger partial charge >= 0.3 is 0 Å². The summed E-state index contributed by atoms with van der Waals surface area (Å²) in [5.41, 5.74) is 1.29. The van der Waals surface area contributed by atoms with E-state index >= 15 is 0 Å². The van der Waals surface area contributed by atoms with Crippen molar-refractivity contribution >= 4 is 34.8 Å². The first kappa shape index (κ1) is 15.6. The van der Waals surface area contributed by atoms with Gasteiger partial charge in [0, 0.05) is 25.5 Å². The number of hydrogen-bond donors (Lipinski definition) is 0. The Morgan fingerprint density at radius 2 is 2.00 bits per heavy atom. The lowest BCUT2D eigenvalue weighted by Gasteiger charge is -2.35. The van der Waals surface area contributed by atoms with Crippen LogP contribution in [0.25, 0.3) is 5.65 Å². The van der Waals surface area contributed by atoms with Gasteiger partial charge in [0.15, 0.2) is 5.65 Å². The molecule has 0 unspecified atom stereocenters. The molecule has 0 spiro atoms. The van der Waals surface area contributed by atoms with Crippen LogP contribution in [0.3, 0.4) is 0 Å². The van der Waals surface area contributed by atoms with Crippen molar-refractivity contribution in [2.45, 2.75) is 32.5 Å². The van der Waals surface area contributed by atoms with Gasteiger partial charge < -0.3 is 14.0 Å². The van der Waals surface area contributed by atoms with Crippen molar-refractivity contribution < 1.29 is 9.53 Å². The number of imidazole rings is 1. The molecular formula is C15H17Cl2N3O2. The number of morpholine rings is 1. The fraction of sp³-hybridized carbons (Fsp3) is 0.467. The third kappa shape index (κ3) is 3.21. The van der Waals surface area contributed by atoms with Crippen molar-refractivity contribution in [3.8, 4) is 0 Å². The quantitative estimate of drug-likeness (QED) is 0.843. The Hall–Kier alpha value is -1.30. The van der Waals surface area contributed by atoms with E-state index in [0.29, 0.717) is 34.5 Å². The van der Waals surface area contributed by atoms with Crippen LogP contribution in [0.15, 0.2) is 18.5 Å². The van der Waals surface area contributed by atoms with E-state index in [0.717, 1.165) is 0 Å². The molecule has 2 aromatic rings. The normalized spacial score (nSPS) is 22.3. The van der Waals surface area contributed by atoms with Crippen molar-refractivity contribution in [1.29, 1.82) is 0 Å². The fourth-order valence-electron chi connectivity index (χ4n) is 2.81. The molecule has 0 bridgehead atoms. The van der Waals surface area contributed by atoms with Crippen LogP contribution in [0.5, 0.6) is 0 Å². The lowest BCUT2D eigenvalue weighted by molar-refractivity contribution is -0.142. The smallest absolute Gasteiger partial charge is 0.228 e. The van der Waals surface area contributed by atoms with Gasteiger partial charge in [-0.05, 0) is 19.9 Å². The third-order valence-corrected chi connectivity index (χ3v) is 4.11.